The summed E-state index contributed by atoms with van der Waals surface area (Å²) in [4.78, 5) is 13.8. The fourth-order valence-corrected chi connectivity index (χ4v) is 3.37. The maximum atomic E-state index is 12.2. The van der Waals surface area contributed by atoms with Crippen molar-refractivity contribution in [3.63, 3.8) is 0 Å². The number of carbonyl (C=O) groups excluding carboxylic acids is 1. The molecule has 122 valence electrons. The molecule has 0 aliphatic carbocycles. The number of ether oxygens (including phenoxy) is 1. The molecule has 9 heteroatoms. The molecule has 0 aromatic heterocycles. The number of primary sulfonamides is 1. The van der Waals surface area contributed by atoms with Crippen molar-refractivity contribution in [1.82, 2.24) is 4.90 Å². The molecule has 1 aliphatic rings. The molecule has 0 spiro atoms. The lowest BCUT2D eigenvalue weighted by Crippen LogP contribution is -2.30. The molecular formula is C13H16F2N2O4S. The summed E-state index contributed by atoms with van der Waals surface area (Å²) in [7, 11) is -3.56. The summed E-state index contributed by atoms with van der Waals surface area (Å²) in [6.45, 7) is -2.17. The van der Waals surface area contributed by atoms with Crippen molar-refractivity contribution in [1.29, 1.82) is 0 Å². The van der Waals surface area contributed by atoms with E-state index < -0.39 is 16.6 Å². The molecule has 0 bridgehead atoms. The van der Waals surface area contributed by atoms with E-state index in [0.29, 0.717) is 25.1 Å². The van der Waals surface area contributed by atoms with E-state index in [0.717, 1.165) is 0 Å². The number of alkyl halides is 2. The number of hydrogen-bond donors (Lipinski definition) is 1. The van der Waals surface area contributed by atoms with E-state index in [9.17, 15) is 22.0 Å². The number of sulfonamides is 1. The van der Waals surface area contributed by atoms with Gasteiger partial charge in [-0.05, 0) is 36.6 Å². The summed E-state index contributed by atoms with van der Waals surface area (Å²) in [5.74, 6) is -0.640. The summed E-state index contributed by atoms with van der Waals surface area (Å²) in [5.41, 5.74) is 0.331. The first kappa shape index (κ1) is 16.6. The van der Waals surface area contributed by atoms with Crippen LogP contribution in [-0.4, -0.2) is 44.7 Å². The van der Waals surface area contributed by atoms with E-state index in [1.807, 2.05) is 0 Å². The van der Waals surface area contributed by atoms with Crippen LogP contribution in [0, 0.1) is 5.92 Å². The topological polar surface area (TPSA) is 89.7 Å². The van der Waals surface area contributed by atoms with Crippen LogP contribution in [0.2, 0.25) is 0 Å². The lowest BCUT2D eigenvalue weighted by molar-refractivity contribution is -0.0498. The van der Waals surface area contributed by atoms with Crippen LogP contribution in [0.1, 0.15) is 16.8 Å². The second kappa shape index (κ2) is 6.57. The molecule has 0 radical (unpaired) electrons. The minimum Gasteiger partial charge on any atom is -0.435 e. The fraction of sp³-hybridized carbons (Fsp3) is 0.462. The molecule has 1 aromatic carbocycles. The Hall–Kier alpha value is -1.74. The van der Waals surface area contributed by atoms with Crippen LogP contribution in [0.4, 0.5) is 8.78 Å². The second-order valence-electron chi connectivity index (χ2n) is 5.14. The van der Waals surface area contributed by atoms with Crippen molar-refractivity contribution >= 4 is 15.9 Å². The lowest BCUT2D eigenvalue weighted by Gasteiger charge is -2.16. The van der Waals surface area contributed by atoms with Crippen LogP contribution in [0.15, 0.2) is 24.3 Å². The molecule has 1 aliphatic heterocycles. The zero-order valence-electron chi connectivity index (χ0n) is 11.6. The highest BCUT2D eigenvalue weighted by atomic mass is 32.2. The van der Waals surface area contributed by atoms with Crippen LogP contribution in [0.25, 0.3) is 0 Å². The van der Waals surface area contributed by atoms with Crippen molar-refractivity contribution in [2.45, 2.75) is 13.0 Å². The number of halogens is 2. The summed E-state index contributed by atoms with van der Waals surface area (Å²) < 4.78 is 50.4. The number of nitrogens with zero attached hydrogens (tertiary/aromatic N) is 1. The lowest BCUT2D eigenvalue weighted by atomic mass is 10.1. The molecule has 1 aromatic rings. The third kappa shape index (κ3) is 4.63. The Morgan fingerprint density at radius 2 is 2.00 bits per heavy atom. The van der Waals surface area contributed by atoms with Crippen LogP contribution >= 0.6 is 0 Å². The highest BCUT2D eigenvalue weighted by molar-refractivity contribution is 7.89. The van der Waals surface area contributed by atoms with E-state index >= 15 is 0 Å². The van der Waals surface area contributed by atoms with Crippen LogP contribution in [0.3, 0.4) is 0 Å². The van der Waals surface area contributed by atoms with Gasteiger partial charge >= 0.3 is 6.61 Å². The number of rotatable bonds is 5. The van der Waals surface area contributed by atoms with Crippen molar-refractivity contribution < 1.29 is 26.7 Å². The normalized spacial score (nSPS) is 18.7. The van der Waals surface area contributed by atoms with Gasteiger partial charge in [0.15, 0.2) is 0 Å². The van der Waals surface area contributed by atoms with E-state index in [2.05, 4.69) is 4.74 Å². The average molecular weight is 334 g/mol. The smallest absolute Gasteiger partial charge is 0.387 e. The number of benzene rings is 1. The Morgan fingerprint density at radius 1 is 1.36 bits per heavy atom. The van der Waals surface area contributed by atoms with E-state index in [1.165, 1.54) is 29.2 Å². The van der Waals surface area contributed by atoms with Crippen LogP contribution < -0.4 is 9.88 Å². The zero-order valence-corrected chi connectivity index (χ0v) is 12.4. The van der Waals surface area contributed by atoms with Gasteiger partial charge in [-0.1, -0.05) is 0 Å². The highest BCUT2D eigenvalue weighted by Crippen LogP contribution is 2.21. The van der Waals surface area contributed by atoms with Crippen molar-refractivity contribution in [3.8, 4) is 5.75 Å². The summed E-state index contributed by atoms with van der Waals surface area (Å²) in [6, 6.07) is 5.37. The molecule has 2 rings (SSSR count). The van der Waals surface area contributed by atoms with Gasteiger partial charge in [0.25, 0.3) is 5.91 Å². The first-order valence-corrected chi connectivity index (χ1v) is 8.31. The maximum Gasteiger partial charge on any atom is 0.387 e. The van der Waals surface area contributed by atoms with E-state index in [1.54, 1.807) is 0 Å². The summed E-state index contributed by atoms with van der Waals surface area (Å²) in [6.07, 6.45) is 0.564. The predicted molar refractivity (Wildman–Crippen MR) is 75.1 cm³/mol. The first-order valence-electron chi connectivity index (χ1n) is 6.59. The number of nitrogens with two attached hydrogens (primary N) is 1. The summed E-state index contributed by atoms with van der Waals surface area (Å²) >= 11 is 0. The van der Waals surface area contributed by atoms with Crippen molar-refractivity contribution in [2.75, 3.05) is 18.8 Å². The van der Waals surface area contributed by atoms with Crippen molar-refractivity contribution in [2.24, 2.45) is 11.1 Å². The molecule has 1 heterocycles. The van der Waals surface area contributed by atoms with Gasteiger partial charge < -0.3 is 9.64 Å². The number of amides is 1. The minimum absolute atomic E-state index is 0.0277. The molecule has 6 nitrogen and oxygen atoms in total. The van der Waals surface area contributed by atoms with Gasteiger partial charge in [0.1, 0.15) is 5.75 Å². The average Bonchev–Trinajstić information content (AvgIpc) is 2.84. The summed E-state index contributed by atoms with van der Waals surface area (Å²) in [5, 5.41) is 5.00. The quantitative estimate of drug-likeness (QED) is 0.871. The van der Waals surface area contributed by atoms with Gasteiger partial charge in [0.05, 0.1) is 5.75 Å². The molecule has 1 amide bonds. The van der Waals surface area contributed by atoms with Gasteiger partial charge in [0.2, 0.25) is 10.0 Å². The predicted octanol–water partition coefficient (Wildman–Crippen LogP) is 1.04. The van der Waals surface area contributed by atoms with Gasteiger partial charge in [-0.25, -0.2) is 13.6 Å². The molecule has 0 unspecified atom stereocenters. The van der Waals surface area contributed by atoms with Gasteiger partial charge in [0, 0.05) is 18.7 Å². The highest BCUT2D eigenvalue weighted by Gasteiger charge is 2.29. The molecule has 1 fully saturated rings. The van der Waals surface area contributed by atoms with Crippen LogP contribution in [0.5, 0.6) is 5.75 Å². The third-order valence-electron chi connectivity index (χ3n) is 3.37. The third-order valence-corrected chi connectivity index (χ3v) is 4.30. The van der Waals surface area contributed by atoms with Crippen LogP contribution in [-0.2, 0) is 10.0 Å². The number of carbonyl (C=O) groups is 1. The maximum absolute atomic E-state index is 12.2. The van der Waals surface area contributed by atoms with Gasteiger partial charge in [-0.2, -0.15) is 8.78 Å². The Kier molecular flexibility index (Phi) is 4.97. The zero-order chi connectivity index (χ0) is 16.3. The number of likely N-dealkylation sites (tertiary alicyclic amines) is 1. The molecule has 2 N–H and O–H groups in total. The van der Waals surface area contributed by atoms with E-state index in [-0.39, 0.29) is 23.3 Å². The van der Waals surface area contributed by atoms with Crippen molar-refractivity contribution in [3.05, 3.63) is 29.8 Å². The Labute approximate surface area is 126 Å². The Balaban J connectivity index is 1.97. The molecule has 22 heavy (non-hydrogen) atoms. The molecule has 0 saturated carbocycles. The van der Waals surface area contributed by atoms with E-state index in [4.69, 9.17) is 5.14 Å². The van der Waals surface area contributed by atoms with Gasteiger partial charge in [-0.3, -0.25) is 4.79 Å². The monoisotopic (exact) mass is 334 g/mol. The minimum atomic E-state index is -3.56. The second-order valence-corrected chi connectivity index (χ2v) is 6.80. The largest absolute Gasteiger partial charge is 0.435 e. The SMILES string of the molecule is NS(=O)(=O)C[C@@H]1CCN(C(=O)c2ccc(OC(F)F)cc2)C1. The fourth-order valence-electron chi connectivity index (χ4n) is 2.44. The number of hydrogen-bond acceptors (Lipinski definition) is 4. The Bertz CT molecular complexity index is 634. The Morgan fingerprint density at radius 3 is 2.55 bits per heavy atom. The molecule has 1 atom stereocenters. The standard InChI is InChI=1S/C13H16F2N2O4S/c14-13(15)21-11-3-1-10(2-4-11)12(18)17-6-5-9(7-17)8-22(16,19)20/h1-4,9,13H,5-8H2,(H2,16,19,20)/t9-/m1/s1. The van der Waals surface area contributed by atoms with Gasteiger partial charge in [-0.15, -0.1) is 0 Å². The first-order chi connectivity index (χ1) is 10.2. The molecular weight excluding hydrogens is 318 g/mol. The molecule has 1 saturated heterocycles.